The molecule has 0 aliphatic carbocycles. The van der Waals surface area contributed by atoms with Crippen LogP contribution < -0.4 is 5.32 Å². The Morgan fingerprint density at radius 3 is 2.81 bits per heavy atom. The number of nitrogens with one attached hydrogen (secondary N) is 1. The number of aryl methyl sites for hydroxylation is 1. The fraction of sp³-hybridized carbons (Fsp3) is 0.471. The zero-order valence-electron chi connectivity index (χ0n) is 14.6. The monoisotopic (exact) mass is 368 g/mol. The molecule has 2 aromatic heterocycles. The third-order valence-corrected chi connectivity index (χ3v) is 4.23. The van der Waals surface area contributed by atoms with Gasteiger partial charge in [0.05, 0.1) is 30.1 Å². The quantitative estimate of drug-likeness (QED) is 0.905. The molecule has 0 fully saturated rings. The van der Waals surface area contributed by atoms with E-state index in [2.05, 4.69) is 15.4 Å². The number of hydrogen-bond acceptors (Lipinski definition) is 4. The van der Waals surface area contributed by atoms with Gasteiger partial charge in [-0.2, -0.15) is 18.3 Å². The zero-order valence-corrected chi connectivity index (χ0v) is 14.6. The van der Waals surface area contributed by atoms with Crippen LogP contribution in [0.15, 0.2) is 18.2 Å². The van der Waals surface area contributed by atoms with Crippen LogP contribution in [0.25, 0.3) is 0 Å². The number of hydrogen-bond donors (Lipinski definition) is 1. The van der Waals surface area contributed by atoms with Crippen molar-refractivity contribution in [1.29, 1.82) is 0 Å². The molecule has 0 aromatic carbocycles. The molecule has 9 heteroatoms. The SMILES string of the molecule is C[C@@H]1Cc2c(nn(C)c2C(=O)NCc2cccc(C(F)(F)F)n2)[C@H](C)O1. The van der Waals surface area contributed by atoms with Crippen molar-refractivity contribution in [2.45, 2.75) is 45.2 Å². The molecule has 0 unspecified atom stereocenters. The number of carbonyl (C=O) groups excluding carboxylic acids is 1. The fourth-order valence-corrected chi connectivity index (χ4v) is 3.14. The first-order valence-electron chi connectivity index (χ1n) is 8.19. The number of alkyl halides is 3. The highest BCUT2D eigenvalue weighted by molar-refractivity contribution is 5.94. The van der Waals surface area contributed by atoms with Crippen LogP contribution in [0, 0.1) is 0 Å². The number of ether oxygens (including phenoxy) is 1. The lowest BCUT2D eigenvalue weighted by atomic mass is 9.99. The number of fused-ring (bicyclic) bond motifs is 1. The Bertz CT molecular complexity index is 832. The van der Waals surface area contributed by atoms with Crippen molar-refractivity contribution in [2.24, 2.45) is 7.05 Å². The van der Waals surface area contributed by atoms with Gasteiger partial charge in [-0.05, 0) is 26.0 Å². The molecule has 6 nitrogen and oxygen atoms in total. The summed E-state index contributed by atoms with van der Waals surface area (Å²) in [6, 6.07) is 3.60. The van der Waals surface area contributed by atoms with Crippen LogP contribution in [-0.2, 0) is 30.9 Å². The van der Waals surface area contributed by atoms with Crippen molar-refractivity contribution in [3.63, 3.8) is 0 Å². The molecule has 1 aliphatic heterocycles. The number of halogens is 3. The van der Waals surface area contributed by atoms with E-state index in [9.17, 15) is 18.0 Å². The number of pyridine rings is 1. The molecule has 2 atom stereocenters. The highest BCUT2D eigenvalue weighted by atomic mass is 19.4. The molecule has 2 aromatic rings. The Morgan fingerprint density at radius 2 is 2.12 bits per heavy atom. The van der Waals surface area contributed by atoms with Crippen LogP contribution in [-0.4, -0.2) is 26.8 Å². The maximum absolute atomic E-state index is 12.7. The Labute approximate surface area is 148 Å². The van der Waals surface area contributed by atoms with E-state index in [4.69, 9.17) is 4.74 Å². The summed E-state index contributed by atoms with van der Waals surface area (Å²) < 4.78 is 45.4. The molecule has 0 saturated carbocycles. The molecule has 26 heavy (non-hydrogen) atoms. The molecule has 1 aliphatic rings. The van der Waals surface area contributed by atoms with E-state index in [0.29, 0.717) is 17.8 Å². The first-order chi connectivity index (χ1) is 12.2. The number of carbonyl (C=O) groups is 1. The van der Waals surface area contributed by atoms with E-state index in [-0.39, 0.29) is 24.4 Å². The van der Waals surface area contributed by atoms with Gasteiger partial charge < -0.3 is 10.1 Å². The predicted octanol–water partition coefficient (Wildman–Crippen LogP) is 2.79. The number of amides is 1. The summed E-state index contributed by atoms with van der Waals surface area (Å²) >= 11 is 0. The molecule has 0 radical (unpaired) electrons. The summed E-state index contributed by atoms with van der Waals surface area (Å²) in [5.41, 5.74) is 1.08. The number of rotatable bonds is 3. The van der Waals surface area contributed by atoms with Gasteiger partial charge in [0.25, 0.3) is 5.91 Å². The van der Waals surface area contributed by atoms with Crippen molar-refractivity contribution < 1.29 is 22.7 Å². The topological polar surface area (TPSA) is 69.0 Å². The van der Waals surface area contributed by atoms with E-state index >= 15 is 0 Å². The van der Waals surface area contributed by atoms with Crippen LogP contribution in [0.2, 0.25) is 0 Å². The van der Waals surface area contributed by atoms with Crippen molar-refractivity contribution >= 4 is 5.91 Å². The molecule has 3 heterocycles. The van der Waals surface area contributed by atoms with Gasteiger partial charge in [-0.15, -0.1) is 0 Å². The first kappa shape index (κ1) is 18.4. The summed E-state index contributed by atoms with van der Waals surface area (Å²) in [7, 11) is 1.66. The van der Waals surface area contributed by atoms with Crippen LogP contribution in [0.3, 0.4) is 0 Å². The van der Waals surface area contributed by atoms with E-state index in [1.54, 1.807) is 7.05 Å². The van der Waals surface area contributed by atoms with Crippen LogP contribution >= 0.6 is 0 Å². The Balaban J connectivity index is 1.78. The first-order valence-corrected chi connectivity index (χ1v) is 8.19. The van der Waals surface area contributed by atoms with Crippen LogP contribution in [0.4, 0.5) is 13.2 Å². The largest absolute Gasteiger partial charge is 0.433 e. The Morgan fingerprint density at radius 1 is 1.38 bits per heavy atom. The average Bonchev–Trinajstić information content (AvgIpc) is 2.88. The van der Waals surface area contributed by atoms with Crippen molar-refractivity contribution in [1.82, 2.24) is 20.1 Å². The smallest absolute Gasteiger partial charge is 0.369 e. The lowest BCUT2D eigenvalue weighted by molar-refractivity contribution is -0.141. The van der Waals surface area contributed by atoms with Gasteiger partial charge in [0.2, 0.25) is 0 Å². The molecule has 0 spiro atoms. The van der Waals surface area contributed by atoms with Gasteiger partial charge in [0, 0.05) is 19.0 Å². The lowest BCUT2D eigenvalue weighted by Gasteiger charge is -2.24. The molecular weight excluding hydrogens is 349 g/mol. The van der Waals surface area contributed by atoms with Crippen molar-refractivity contribution in [3.05, 3.63) is 46.5 Å². The maximum Gasteiger partial charge on any atom is 0.433 e. The summed E-state index contributed by atoms with van der Waals surface area (Å²) in [4.78, 5) is 16.2. The van der Waals surface area contributed by atoms with Crippen LogP contribution in [0.5, 0.6) is 0 Å². The second kappa shape index (κ2) is 6.71. The van der Waals surface area contributed by atoms with Crippen molar-refractivity contribution in [2.75, 3.05) is 0 Å². The minimum atomic E-state index is -4.52. The highest BCUT2D eigenvalue weighted by Crippen LogP contribution is 2.31. The molecule has 0 saturated heterocycles. The second-order valence-electron chi connectivity index (χ2n) is 6.32. The van der Waals surface area contributed by atoms with Gasteiger partial charge in [-0.3, -0.25) is 9.48 Å². The molecule has 140 valence electrons. The third-order valence-electron chi connectivity index (χ3n) is 4.23. The van der Waals surface area contributed by atoms with Gasteiger partial charge >= 0.3 is 6.18 Å². The Kier molecular flexibility index (Phi) is 4.74. The van der Waals surface area contributed by atoms with Crippen LogP contribution in [0.1, 0.15) is 53.1 Å². The molecule has 1 N–H and O–H groups in total. The van der Waals surface area contributed by atoms with Gasteiger partial charge in [-0.25, -0.2) is 4.98 Å². The lowest BCUT2D eigenvalue weighted by Crippen LogP contribution is -2.29. The zero-order chi connectivity index (χ0) is 19.1. The third kappa shape index (κ3) is 3.57. The van der Waals surface area contributed by atoms with E-state index in [1.807, 2.05) is 13.8 Å². The fourth-order valence-electron chi connectivity index (χ4n) is 3.14. The van der Waals surface area contributed by atoms with E-state index < -0.39 is 17.8 Å². The average molecular weight is 368 g/mol. The summed E-state index contributed by atoms with van der Waals surface area (Å²) in [6.45, 7) is 3.68. The highest BCUT2D eigenvalue weighted by Gasteiger charge is 2.33. The van der Waals surface area contributed by atoms with Gasteiger partial charge in [0.15, 0.2) is 0 Å². The van der Waals surface area contributed by atoms with E-state index in [0.717, 1.165) is 11.6 Å². The van der Waals surface area contributed by atoms with Gasteiger partial charge in [-0.1, -0.05) is 6.07 Å². The maximum atomic E-state index is 12.7. The minimum absolute atomic E-state index is 0.0432. The molecule has 0 bridgehead atoms. The number of aromatic nitrogens is 3. The summed E-state index contributed by atoms with van der Waals surface area (Å²) in [5, 5.41) is 6.99. The second-order valence-corrected chi connectivity index (χ2v) is 6.32. The van der Waals surface area contributed by atoms with Crippen molar-refractivity contribution in [3.8, 4) is 0 Å². The Hall–Kier alpha value is -2.42. The normalized spacial score (nSPS) is 19.9. The molecule has 3 rings (SSSR count). The predicted molar refractivity (Wildman–Crippen MR) is 86.3 cm³/mol. The number of nitrogens with zero attached hydrogens (tertiary/aromatic N) is 3. The minimum Gasteiger partial charge on any atom is -0.369 e. The van der Waals surface area contributed by atoms with E-state index in [1.165, 1.54) is 16.8 Å². The van der Waals surface area contributed by atoms with Gasteiger partial charge in [0.1, 0.15) is 11.4 Å². The summed E-state index contributed by atoms with van der Waals surface area (Å²) in [5.74, 6) is -0.401. The molecule has 1 amide bonds. The summed E-state index contributed by atoms with van der Waals surface area (Å²) in [6.07, 6.45) is -4.23. The standard InChI is InChI=1S/C17H19F3N4O2/c1-9-7-12-14(10(2)26-9)23-24(3)15(12)16(25)21-8-11-5-4-6-13(22-11)17(18,19)20/h4-6,9-10H,7-8H2,1-3H3,(H,21,25)/t9-,10+/m1/s1. The molecular formula is C17H19F3N4O2.